The Bertz CT molecular complexity index is 462. The Balaban J connectivity index is 2.65. The Hall–Kier alpha value is -1.00. The maximum absolute atomic E-state index is 11.9. The molecule has 0 saturated heterocycles. The molecule has 0 radical (unpaired) electrons. The summed E-state index contributed by atoms with van der Waals surface area (Å²) >= 11 is 1.79. The first-order valence-electron chi connectivity index (χ1n) is 6.96. The monoisotopic (exact) mass is 295 g/mol. The highest BCUT2D eigenvalue weighted by Crippen LogP contribution is 2.26. The van der Waals surface area contributed by atoms with E-state index in [2.05, 4.69) is 37.4 Å². The number of thioether (sulfide) groups is 1. The van der Waals surface area contributed by atoms with Gasteiger partial charge in [-0.1, -0.05) is 24.6 Å². The Morgan fingerprint density at radius 1 is 1.40 bits per heavy atom. The smallest absolute Gasteiger partial charge is 0.325 e. The molecule has 1 unspecified atom stereocenters. The summed E-state index contributed by atoms with van der Waals surface area (Å²) in [6, 6.07) is 6.46. The fraction of sp³-hybridized carbons (Fsp3) is 0.562. The molecule has 1 rings (SSSR count). The number of methoxy groups -OCH3 is 1. The van der Waals surface area contributed by atoms with E-state index in [0.29, 0.717) is 0 Å². The van der Waals surface area contributed by atoms with Crippen LogP contribution >= 0.6 is 11.8 Å². The predicted molar refractivity (Wildman–Crippen MR) is 85.4 cm³/mol. The van der Waals surface area contributed by atoms with Crippen molar-refractivity contribution >= 4 is 17.7 Å². The van der Waals surface area contributed by atoms with Crippen molar-refractivity contribution in [1.29, 1.82) is 0 Å². The number of likely N-dealkylation sites (N-methyl/N-ethyl adjacent to an activating group) is 1. The molecule has 0 amide bonds. The summed E-state index contributed by atoms with van der Waals surface area (Å²) in [5.41, 5.74) is 1.94. The molecular formula is C16H25NO2S. The minimum atomic E-state index is -0.603. The topological polar surface area (TPSA) is 38.3 Å². The Kier molecular flexibility index (Phi) is 6.56. The van der Waals surface area contributed by atoms with Crippen molar-refractivity contribution in [2.45, 2.75) is 44.6 Å². The minimum Gasteiger partial charge on any atom is -0.468 e. The van der Waals surface area contributed by atoms with E-state index < -0.39 is 5.54 Å². The molecule has 0 saturated carbocycles. The molecule has 112 valence electrons. The molecule has 0 bridgehead atoms. The van der Waals surface area contributed by atoms with Crippen molar-refractivity contribution in [2.24, 2.45) is 0 Å². The third kappa shape index (κ3) is 4.53. The number of hydrogen-bond acceptors (Lipinski definition) is 4. The summed E-state index contributed by atoms with van der Waals surface area (Å²) in [6.07, 6.45) is 0.742. The summed E-state index contributed by atoms with van der Waals surface area (Å²) in [4.78, 5) is 13.2. The van der Waals surface area contributed by atoms with Gasteiger partial charge in [-0.25, -0.2) is 0 Å². The fourth-order valence-electron chi connectivity index (χ4n) is 2.11. The van der Waals surface area contributed by atoms with Gasteiger partial charge in [0.05, 0.1) is 7.11 Å². The molecule has 1 atom stereocenters. The summed E-state index contributed by atoms with van der Waals surface area (Å²) in [6.45, 7) is 8.87. The largest absolute Gasteiger partial charge is 0.468 e. The first-order chi connectivity index (χ1) is 9.42. The number of nitrogens with one attached hydrogen (secondary N) is 1. The van der Waals surface area contributed by atoms with Gasteiger partial charge in [0.25, 0.3) is 0 Å². The molecule has 0 aliphatic carbocycles. The number of esters is 1. The highest BCUT2D eigenvalue weighted by atomic mass is 32.2. The third-order valence-corrected chi connectivity index (χ3v) is 4.57. The molecule has 0 fully saturated rings. The van der Waals surface area contributed by atoms with Crippen LogP contribution in [0.2, 0.25) is 0 Å². The van der Waals surface area contributed by atoms with Crippen molar-refractivity contribution in [2.75, 3.05) is 19.4 Å². The van der Waals surface area contributed by atoms with E-state index in [1.165, 1.54) is 23.1 Å². The number of carbonyl (C=O) groups is 1. The highest BCUT2D eigenvalue weighted by molar-refractivity contribution is 7.99. The number of aryl methyl sites for hydroxylation is 2. The number of hydrogen-bond donors (Lipinski definition) is 1. The number of rotatable bonds is 7. The summed E-state index contributed by atoms with van der Waals surface area (Å²) in [5.74, 6) is 0.684. The number of benzene rings is 1. The van der Waals surface area contributed by atoms with E-state index >= 15 is 0 Å². The van der Waals surface area contributed by atoms with E-state index in [4.69, 9.17) is 4.74 Å². The standard InChI is InChI=1S/C16H25NO2S/c1-6-17-16(4,15(18)19-5)9-10-20-14-11-12(2)7-8-13(14)3/h7-8,11,17H,6,9-10H2,1-5H3. The van der Waals surface area contributed by atoms with E-state index in [9.17, 15) is 4.79 Å². The van der Waals surface area contributed by atoms with E-state index in [0.717, 1.165) is 18.7 Å². The van der Waals surface area contributed by atoms with Gasteiger partial charge in [0, 0.05) is 10.6 Å². The van der Waals surface area contributed by atoms with Gasteiger partial charge in [-0.05, 0) is 45.4 Å². The van der Waals surface area contributed by atoms with Crippen LogP contribution in [0.4, 0.5) is 0 Å². The molecule has 1 aromatic rings. The van der Waals surface area contributed by atoms with Gasteiger partial charge < -0.3 is 10.1 Å². The average molecular weight is 295 g/mol. The lowest BCUT2D eigenvalue weighted by atomic mass is 9.99. The lowest BCUT2D eigenvalue weighted by Gasteiger charge is -2.27. The molecule has 4 heteroatoms. The van der Waals surface area contributed by atoms with Gasteiger partial charge in [-0.3, -0.25) is 4.79 Å². The first kappa shape index (κ1) is 17.1. The maximum atomic E-state index is 11.9. The third-order valence-electron chi connectivity index (χ3n) is 3.41. The van der Waals surface area contributed by atoms with Crippen molar-refractivity contribution in [1.82, 2.24) is 5.32 Å². The summed E-state index contributed by atoms with van der Waals surface area (Å²) in [7, 11) is 1.44. The van der Waals surface area contributed by atoms with Crippen LogP contribution in [-0.4, -0.2) is 30.9 Å². The van der Waals surface area contributed by atoms with Gasteiger partial charge in [-0.15, -0.1) is 11.8 Å². The van der Waals surface area contributed by atoms with E-state index in [1.807, 2.05) is 13.8 Å². The molecule has 0 aliphatic rings. The maximum Gasteiger partial charge on any atom is 0.325 e. The van der Waals surface area contributed by atoms with E-state index in [-0.39, 0.29) is 5.97 Å². The van der Waals surface area contributed by atoms with Crippen LogP contribution in [0.5, 0.6) is 0 Å². The second-order valence-electron chi connectivity index (χ2n) is 5.22. The van der Waals surface area contributed by atoms with Gasteiger partial charge in [0.2, 0.25) is 0 Å². The zero-order valence-corrected chi connectivity index (χ0v) is 13.9. The zero-order chi connectivity index (χ0) is 15.2. The van der Waals surface area contributed by atoms with Crippen LogP contribution in [0.15, 0.2) is 23.1 Å². The SMILES string of the molecule is CCNC(C)(CCSc1cc(C)ccc1C)C(=O)OC. The highest BCUT2D eigenvalue weighted by Gasteiger charge is 2.32. The minimum absolute atomic E-state index is 0.194. The van der Waals surface area contributed by atoms with Crippen LogP contribution in [0.3, 0.4) is 0 Å². The van der Waals surface area contributed by atoms with Crippen molar-refractivity contribution in [3.05, 3.63) is 29.3 Å². The van der Waals surface area contributed by atoms with Gasteiger partial charge in [-0.2, -0.15) is 0 Å². The van der Waals surface area contributed by atoms with Crippen LogP contribution in [0.25, 0.3) is 0 Å². The normalized spacial score (nSPS) is 13.8. The first-order valence-corrected chi connectivity index (χ1v) is 7.95. The lowest BCUT2D eigenvalue weighted by Crippen LogP contribution is -2.50. The molecular weight excluding hydrogens is 270 g/mol. The second kappa shape index (κ2) is 7.70. The molecule has 0 aromatic heterocycles. The van der Waals surface area contributed by atoms with Crippen LogP contribution in [0, 0.1) is 13.8 Å². The molecule has 0 spiro atoms. The second-order valence-corrected chi connectivity index (χ2v) is 6.36. The summed E-state index contributed by atoms with van der Waals surface area (Å²) < 4.78 is 4.90. The summed E-state index contributed by atoms with van der Waals surface area (Å²) in [5, 5.41) is 3.23. The number of carbonyl (C=O) groups excluding carboxylic acids is 1. The van der Waals surface area contributed by atoms with Gasteiger partial charge in [0.15, 0.2) is 0 Å². The molecule has 1 N–H and O–H groups in total. The number of ether oxygens (including phenoxy) is 1. The lowest BCUT2D eigenvalue weighted by molar-refractivity contribution is -0.147. The molecule has 0 heterocycles. The van der Waals surface area contributed by atoms with Crippen LogP contribution in [-0.2, 0) is 9.53 Å². The predicted octanol–water partition coefficient (Wildman–Crippen LogP) is 3.33. The fourth-order valence-corrected chi connectivity index (χ4v) is 3.40. The quantitative estimate of drug-likeness (QED) is 0.618. The Labute approximate surface area is 126 Å². The van der Waals surface area contributed by atoms with Gasteiger partial charge in [0.1, 0.15) is 5.54 Å². The van der Waals surface area contributed by atoms with E-state index in [1.54, 1.807) is 11.8 Å². The van der Waals surface area contributed by atoms with Crippen LogP contribution < -0.4 is 5.32 Å². The molecule has 20 heavy (non-hydrogen) atoms. The molecule has 3 nitrogen and oxygen atoms in total. The van der Waals surface area contributed by atoms with Gasteiger partial charge >= 0.3 is 5.97 Å². The zero-order valence-electron chi connectivity index (χ0n) is 13.1. The van der Waals surface area contributed by atoms with Crippen molar-refractivity contribution < 1.29 is 9.53 Å². The molecule has 0 aliphatic heterocycles. The van der Waals surface area contributed by atoms with Crippen molar-refractivity contribution in [3.63, 3.8) is 0 Å². The Morgan fingerprint density at radius 3 is 2.70 bits per heavy atom. The molecule has 1 aromatic carbocycles. The Morgan fingerprint density at radius 2 is 2.10 bits per heavy atom. The average Bonchev–Trinajstić information content (AvgIpc) is 2.42. The van der Waals surface area contributed by atoms with Crippen LogP contribution in [0.1, 0.15) is 31.4 Å². The van der Waals surface area contributed by atoms with Crippen molar-refractivity contribution in [3.8, 4) is 0 Å².